The van der Waals surface area contributed by atoms with E-state index in [9.17, 15) is 22.8 Å². The fraction of sp³-hybridized carbons (Fsp3) is 0.271. The Labute approximate surface area is 352 Å². The van der Waals surface area contributed by atoms with E-state index in [1.807, 2.05) is 71.8 Å². The molecule has 0 radical (unpaired) electrons. The van der Waals surface area contributed by atoms with E-state index in [2.05, 4.69) is 61.5 Å². The number of rotatable bonds is 12. The number of amides is 2. The van der Waals surface area contributed by atoms with Crippen LogP contribution >= 0.6 is 11.3 Å². The molecule has 0 bridgehead atoms. The highest BCUT2D eigenvalue weighted by molar-refractivity contribution is 7.17. The maximum Gasteiger partial charge on any atom is 0.416 e. The number of aromatic nitrogens is 1. The minimum atomic E-state index is -4.47. The topological polar surface area (TPSA) is 63.2 Å². The molecule has 2 saturated heterocycles. The van der Waals surface area contributed by atoms with Gasteiger partial charge in [-0.3, -0.25) is 14.5 Å². The number of hydrogen-bond donors (Lipinski definition) is 0. The van der Waals surface area contributed by atoms with E-state index >= 15 is 0 Å². The Bertz CT molecular complexity index is 2370. The van der Waals surface area contributed by atoms with Crippen LogP contribution in [0.2, 0.25) is 0 Å². The number of benzene rings is 4. The molecule has 0 spiro atoms. The Morgan fingerprint density at radius 1 is 0.733 bits per heavy atom. The third-order valence-corrected chi connectivity index (χ3v) is 12.4. The fourth-order valence-corrected chi connectivity index (χ4v) is 9.02. The summed E-state index contributed by atoms with van der Waals surface area (Å²) < 4.78 is 41.1. The van der Waals surface area contributed by atoms with Gasteiger partial charge < -0.3 is 19.6 Å². The van der Waals surface area contributed by atoms with Crippen LogP contribution in [0.4, 0.5) is 24.7 Å². The highest BCUT2D eigenvalue weighted by Gasteiger charge is 2.35. The molecule has 4 aromatic carbocycles. The number of fused-ring (bicyclic) bond motifs is 1. The maximum atomic E-state index is 14.9. The number of thiophene rings is 1. The lowest BCUT2D eigenvalue weighted by Gasteiger charge is -2.39. The summed E-state index contributed by atoms with van der Waals surface area (Å²) >= 11 is 1.61. The highest BCUT2D eigenvalue weighted by Crippen LogP contribution is 2.31. The molecule has 0 unspecified atom stereocenters. The largest absolute Gasteiger partial charge is 0.416 e. The number of anilines is 2. The molecular weight excluding hydrogens is 782 g/mol. The van der Waals surface area contributed by atoms with Gasteiger partial charge in [-0.1, -0.05) is 78.9 Å². The zero-order valence-electron chi connectivity index (χ0n) is 33.3. The van der Waals surface area contributed by atoms with Gasteiger partial charge in [-0.15, -0.1) is 11.3 Å². The van der Waals surface area contributed by atoms with Gasteiger partial charge in [0.1, 0.15) is 11.9 Å². The van der Waals surface area contributed by atoms with Gasteiger partial charge >= 0.3 is 6.18 Å². The molecule has 8 rings (SSSR count). The molecule has 0 aliphatic carbocycles. The van der Waals surface area contributed by atoms with Crippen LogP contribution in [0.3, 0.4) is 0 Å². The van der Waals surface area contributed by atoms with Crippen molar-refractivity contribution in [3.8, 4) is 0 Å². The molecule has 0 N–H and O–H groups in total. The first-order valence-electron chi connectivity index (χ1n) is 20.3. The predicted molar refractivity (Wildman–Crippen MR) is 234 cm³/mol. The van der Waals surface area contributed by atoms with E-state index in [0.717, 1.165) is 77.6 Å². The summed E-state index contributed by atoms with van der Waals surface area (Å²) in [6, 6.07) is 36.4. The number of carbonyl (C=O) groups is 2. The SMILES string of the molecule is O=C([C@H](Cc1csc2ccccc12)N(Cc1ccc(N2CCN(c3ccccn3)CC2)cc1)C(=O)/C=C/c1ccc(C(F)(F)F)cc1)N1CCN(Cc2ccccc2)CC1. The molecular formula is C48H47F3N6O2S. The summed E-state index contributed by atoms with van der Waals surface area (Å²) in [6.45, 7) is 6.76. The van der Waals surface area contributed by atoms with Crippen molar-refractivity contribution < 1.29 is 22.8 Å². The van der Waals surface area contributed by atoms with Crippen molar-refractivity contribution in [3.63, 3.8) is 0 Å². The molecule has 2 amide bonds. The number of alkyl halides is 3. The molecule has 2 aromatic heterocycles. The van der Waals surface area contributed by atoms with E-state index in [1.54, 1.807) is 16.2 Å². The van der Waals surface area contributed by atoms with Crippen LogP contribution in [0.1, 0.15) is 27.8 Å². The lowest BCUT2D eigenvalue weighted by atomic mass is 10.0. The van der Waals surface area contributed by atoms with Crippen LogP contribution in [0.25, 0.3) is 16.2 Å². The van der Waals surface area contributed by atoms with Crippen molar-refractivity contribution in [1.82, 2.24) is 19.7 Å². The van der Waals surface area contributed by atoms with Gasteiger partial charge in [0.05, 0.1) is 5.56 Å². The summed E-state index contributed by atoms with van der Waals surface area (Å²) in [5.41, 5.74) is 3.83. The average molecular weight is 829 g/mol. The summed E-state index contributed by atoms with van der Waals surface area (Å²) in [5, 5.41) is 3.12. The summed E-state index contributed by atoms with van der Waals surface area (Å²) in [7, 11) is 0. The van der Waals surface area contributed by atoms with Crippen molar-refractivity contribution in [3.05, 3.63) is 167 Å². The van der Waals surface area contributed by atoms with Crippen molar-refractivity contribution in [2.45, 2.75) is 31.7 Å². The van der Waals surface area contributed by atoms with Crippen molar-refractivity contribution in [1.29, 1.82) is 0 Å². The molecule has 1 atom stereocenters. The van der Waals surface area contributed by atoms with Crippen molar-refractivity contribution in [2.24, 2.45) is 0 Å². The average Bonchev–Trinajstić information content (AvgIpc) is 3.70. The van der Waals surface area contributed by atoms with Crippen LogP contribution < -0.4 is 9.80 Å². The van der Waals surface area contributed by atoms with Gasteiger partial charge in [0.15, 0.2) is 0 Å². The zero-order valence-corrected chi connectivity index (χ0v) is 34.1. The smallest absolute Gasteiger partial charge is 0.368 e. The third-order valence-electron chi connectivity index (χ3n) is 11.4. The molecule has 2 aliphatic heterocycles. The van der Waals surface area contributed by atoms with E-state index < -0.39 is 23.7 Å². The lowest BCUT2D eigenvalue weighted by Crippen LogP contribution is -2.56. The molecule has 60 heavy (non-hydrogen) atoms. The minimum Gasteiger partial charge on any atom is -0.368 e. The number of carbonyl (C=O) groups excluding carboxylic acids is 2. The Morgan fingerprint density at radius 2 is 1.42 bits per heavy atom. The van der Waals surface area contributed by atoms with Crippen LogP contribution in [0.15, 0.2) is 139 Å². The molecule has 4 heterocycles. The first kappa shape index (κ1) is 40.8. The second kappa shape index (κ2) is 18.5. The molecule has 12 heteroatoms. The van der Waals surface area contributed by atoms with Gasteiger partial charge in [-0.2, -0.15) is 13.2 Å². The Kier molecular flexibility index (Phi) is 12.6. The summed E-state index contributed by atoms with van der Waals surface area (Å²) in [6.07, 6.45) is 0.554. The van der Waals surface area contributed by atoms with Gasteiger partial charge in [0.25, 0.3) is 0 Å². The normalized spacial score (nSPS) is 15.8. The van der Waals surface area contributed by atoms with Crippen LogP contribution in [-0.4, -0.2) is 89.9 Å². The van der Waals surface area contributed by atoms with Crippen molar-refractivity contribution >= 4 is 50.8 Å². The van der Waals surface area contributed by atoms with Gasteiger partial charge in [-0.25, -0.2) is 4.98 Å². The summed E-state index contributed by atoms with van der Waals surface area (Å²) in [4.78, 5) is 44.5. The van der Waals surface area contributed by atoms with Crippen LogP contribution in [0.5, 0.6) is 0 Å². The van der Waals surface area contributed by atoms with Gasteiger partial charge in [-0.05, 0) is 81.6 Å². The fourth-order valence-electron chi connectivity index (χ4n) is 8.04. The Morgan fingerprint density at radius 3 is 2.12 bits per heavy atom. The Hall–Kier alpha value is -5.98. The van der Waals surface area contributed by atoms with Gasteiger partial charge in [0, 0.05) is 94.5 Å². The standard InChI is InChI=1S/C48H47F3N6O2S/c49-48(50,51)40-18-13-36(14-19-40)17-22-46(58)57(34-38-15-20-41(21-16-38)54-28-30-55(31-29-54)45-12-6-7-23-52-45)43(32-39-35-60-44-11-5-4-10-42(39)44)47(59)56-26-24-53(25-27-56)33-37-8-2-1-3-9-37/h1-23,35,43H,24-34H2/b22-17+/t43-/m0/s1. The number of piperazine rings is 2. The molecule has 2 aliphatic rings. The number of hydrogen-bond acceptors (Lipinski definition) is 7. The quantitative estimate of drug-likeness (QED) is 0.115. The molecule has 8 nitrogen and oxygen atoms in total. The predicted octanol–water partition coefficient (Wildman–Crippen LogP) is 8.64. The number of halogens is 3. The first-order chi connectivity index (χ1) is 29.2. The van der Waals surface area contributed by atoms with E-state index in [0.29, 0.717) is 38.2 Å². The van der Waals surface area contributed by atoms with Crippen LogP contribution in [0, 0.1) is 0 Å². The highest BCUT2D eigenvalue weighted by atomic mass is 32.1. The number of pyridine rings is 1. The third kappa shape index (κ3) is 9.89. The van der Waals surface area contributed by atoms with E-state index in [4.69, 9.17) is 0 Å². The van der Waals surface area contributed by atoms with Crippen LogP contribution in [-0.2, 0) is 35.3 Å². The second-order valence-corrected chi connectivity index (χ2v) is 16.2. The molecule has 2 fully saturated rings. The molecule has 6 aromatic rings. The van der Waals surface area contributed by atoms with Gasteiger partial charge in [0.2, 0.25) is 11.8 Å². The molecule has 0 saturated carbocycles. The van der Waals surface area contributed by atoms with E-state index in [-0.39, 0.29) is 12.5 Å². The Balaban J connectivity index is 1.06. The first-order valence-corrected chi connectivity index (χ1v) is 21.2. The summed E-state index contributed by atoms with van der Waals surface area (Å²) in [5.74, 6) is 0.451. The molecule has 308 valence electrons. The minimum absolute atomic E-state index is 0.122. The van der Waals surface area contributed by atoms with Crippen molar-refractivity contribution in [2.75, 3.05) is 62.2 Å². The lowest BCUT2D eigenvalue weighted by molar-refractivity contribution is -0.145. The van der Waals surface area contributed by atoms with E-state index in [1.165, 1.54) is 29.8 Å². The second-order valence-electron chi connectivity index (χ2n) is 15.3. The maximum absolute atomic E-state index is 14.9. The number of nitrogens with zero attached hydrogens (tertiary/aromatic N) is 6. The monoisotopic (exact) mass is 828 g/mol. The zero-order chi connectivity index (χ0) is 41.5.